The SMILES string of the molecule is CC(O)(O)CCC(C(N)=O)N1C(=O)c2cccc(NCc3ccco3)c2C1=O. The van der Waals surface area contributed by atoms with Gasteiger partial charge < -0.3 is 25.7 Å². The van der Waals surface area contributed by atoms with Crippen LogP contribution in [0.25, 0.3) is 0 Å². The monoisotopic (exact) mass is 387 g/mol. The van der Waals surface area contributed by atoms with Gasteiger partial charge in [-0.1, -0.05) is 6.07 Å². The largest absolute Gasteiger partial charge is 0.467 e. The Balaban J connectivity index is 1.87. The van der Waals surface area contributed by atoms with Gasteiger partial charge in [-0.3, -0.25) is 19.3 Å². The van der Waals surface area contributed by atoms with E-state index in [9.17, 15) is 24.6 Å². The molecule has 9 heteroatoms. The first-order chi connectivity index (χ1) is 13.2. The standard InChI is InChI=1S/C19H21N3O6/c1-19(26,27)8-7-14(16(20)23)22-17(24)12-5-2-6-13(15(12)18(22)25)21-10-11-4-3-9-28-11/h2-6,9,14,21,26-27H,7-8,10H2,1H3,(H2,20,23). The first-order valence-electron chi connectivity index (χ1n) is 8.70. The number of anilines is 1. The van der Waals surface area contributed by atoms with Gasteiger partial charge in [0.25, 0.3) is 11.8 Å². The number of hydrogen-bond donors (Lipinski definition) is 4. The molecule has 1 unspecified atom stereocenters. The highest BCUT2D eigenvalue weighted by Gasteiger charge is 2.43. The van der Waals surface area contributed by atoms with Crippen LogP contribution < -0.4 is 11.1 Å². The van der Waals surface area contributed by atoms with Crippen LogP contribution >= 0.6 is 0 Å². The first kappa shape index (κ1) is 19.6. The second kappa shape index (κ2) is 7.45. The highest BCUT2D eigenvalue weighted by Crippen LogP contribution is 2.32. The fourth-order valence-corrected chi connectivity index (χ4v) is 3.14. The van der Waals surface area contributed by atoms with Crippen LogP contribution in [0.3, 0.4) is 0 Å². The van der Waals surface area contributed by atoms with Crippen LogP contribution in [0.15, 0.2) is 41.0 Å². The second-order valence-corrected chi connectivity index (χ2v) is 6.82. The molecule has 9 nitrogen and oxygen atoms in total. The summed E-state index contributed by atoms with van der Waals surface area (Å²) >= 11 is 0. The Morgan fingerprint density at radius 1 is 1.25 bits per heavy atom. The third-order valence-corrected chi connectivity index (χ3v) is 4.51. The van der Waals surface area contributed by atoms with Crippen molar-refractivity contribution in [1.29, 1.82) is 0 Å². The van der Waals surface area contributed by atoms with Crippen molar-refractivity contribution < 1.29 is 29.0 Å². The molecule has 0 spiro atoms. The van der Waals surface area contributed by atoms with Gasteiger partial charge in [-0.2, -0.15) is 0 Å². The van der Waals surface area contributed by atoms with Gasteiger partial charge >= 0.3 is 0 Å². The number of furan rings is 1. The van der Waals surface area contributed by atoms with Crippen molar-refractivity contribution in [3.8, 4) is 0 Å². The summed E-state index contributed by atoms with van der Waals surface area (Å²) in [6, 6.07) is 6.97. The van der Waals surface area contributed by atoms with Gasteiger partial charge in [0.15, 0.2) is 5.79 Å². The summed E-state index contributed by atoms with van der Waals surface area (Å²) in [6.45, 7) is 1.45. The van der Waals surface area contributed by atoms with E-state index in [2.05, 4.69) is 5.32 Å². The van der Waals surface area contributed by atoms with Gasteiger partial charge in [0.05, 0.1) is 23.9 Å². The Bertz CT molecular complexity index is 901. The number of nitrogens with one attached hydrogen (secondary N) is 1. The Morgan fingerprint density at radius 3 is 2.61 bits per heavy atom. The molecule has 2 aromatic rings. The molecule has 0 bridgehead atoms. The summed E-state index contributed by atoms with van der Waals surface area (Å²) in [4.78, 5) is 38.4. The van der Waals surface area contributed by atoms with E-state index >= 15 is 0 Å². The number of amides is 3. The van der Waals surface area contributed by atoms with Crippen molar-refractivity contribution in [2.75, 3.05) is 5.32 Å². The zero-order valence-electron chi connectivity index (χ0n) is 15.2. The Kier molecular flexibility index (Phi) is 5.21. The summed E-state index contributed by atoms with van der Waals surface area (Å²) in [5, 5.41) is 22.0. The third-order valence-electron chi connectivity index (χ3n) is 4.51. The molecule has 1 aliphatic rings. The normalized spacial score (nSPS) is 14.9. The molecule has 0 radical (unpaired) electrons. The molecule has 0 saturated carbocycles. The molecule has 1 aromatic carbocycles. The lowest BCUT2D eigenvalue weighted by Crippen LogP contribution is -2.48. The maximum atomic E-state index is 13.0. The molecule has 1 atom stereocenters. The van der Waals surface area contributed by atoms with E-state index in [4.69, 9.17) is 10.2 Å². The summed E-state index contributed by atoms with van der Waals surface area (Å²) in [5.41, 5.74) is 6.10. The molecule has 0 aliphatic carbocycles. The molecule has 3 rings (SSSR count). The number of aliphatic hydroxyl groups is 2. The number of carbonyl (C=O) groups excluding carboxylic acids is 3. The molecule has 2 heterocycles. The minimum absolute atomic E-state index is 0.140. The number of hydrogen-bond acceptors (Lipinski definition) is 7. The van der Waals surface area contributed by atoms with Crippen LogP contribution in [0, 0.1) is 0 Å². The second-order valence-electron chi connectivity index (χ2n) is 6.82. The van der Waals surface area contributed by atoms with Crippen molar-refractivity contribution in [2.45, 2.75) is 38.1 Å². The van der Waals surface area contributed by atoms with E-state index in [1.807, 2.05) is 0 Å². The molecule has 1 aliphatic heterocycles. The third kappa shape index (κ3) is 3.90. The van der Waals surface area contributed by atoms with Crippen molar-refractivity contribution in [2.24, 2.45) is 5.73 Å². The van der Waals surface area contributed by atoms with Crippen LogP contribution in [0.1, 0.15) is 46.2 Å². The van der Waals surface area contributed by atoms with Gasteiger partial charge in [-0.25, -0.2) is 0 Å². The van der Waals surface area contributed by atoms with Crippen LogP contribution in [0.4, 0.5) is 5.69 Å². The minimum atomic E-state index is -2.05. The average Bonchev–Trinajstić information content (AvgIpc) is 3.22. The molecular formula is C19H21N3O6. The van der Waals surface area contributed by atoms with Crippen molar-refractivity contribution >= 4 is 23.4 Å². The van der Waals surface area contributed by atoms with Gasteiger partial charge in [0, 0.05) is 12.1 Å². The predicted molar refractivity (Wildman–Crippen MR) is 98.0 cm³/mol. The zero-order chi connectivity index (χ0) is 20.5. The minimum Gasteiger partial charge on any atom is -0.467 e. The highest BCUT2D eigenvalue weighted by molar-refractivity contribution is 6.25. The lowest BCUT2D eigenvalue weighted by atomic mass is 10.0. The number of rotatable bonds is 8. The number of nitrogens with zero attached hydrogens (tertiary/aromatic N) is 1. The Morgan fingerprint density at radius 2 is 2.00 bits per heavy atom. The fraction of sp³-hybridized carbons (Fsp3) is 0.316. The van der Waals surface area contributed by atoms with Gasteiger partial charge in [0.1, 0.15) is 11.8 Å². The van der Waals surface area contributed by atoms with Crippen LogP contribution in [-0.4, -0.2) is 44.7 Å². The molecule has 0 saturated heterocycles. The fourth-order valence-electron chi connectivity index (χ4n) is 3.14. The van der Waals surface area contributed by atoms with Gasteiger partial charge in [-0.05, 0) is 37.6 Å². The van der Waals surface area contributed by atoms with E-state index < -0.39 is 29.6 Å². The molecule has 5 N–H and O–H groups in total. The van der Waals surface area contributed by atoms with E-state index in [0.717, 1.165) is 11.8 Å². The summed E-state index contributed by atoms with van der Waals surface area (Å²) in [5.74, 6) is -3.62. The van der Waals surface area contributed by atoms with Gasteiger partial charge in [0.2, 0.25) is 5.91 Å². The van der Waals surface area contributed by atoms with Crippen molar-refractivity contribution in [1.82, 2.24) is 4.90 Å². The van der Waals surface area contributed by atoms with Crippen LogP contribution in [0.5, 0.6) is 0 Å². The average molecular weight is 387 g/mol. The molecular weight excluding hydrogens is 366 g/mol. The van der Waals surface area contributed by atoms with E-state index in [1.54, 1.807) is 24.3 Å². The van der Waals surface area contributed by atoms with Crippen LogP contribution in [0.2, 0.25) is 0 Å². The molecule has 148 valence electrons. The molecule has 1 aromatic heterocycles. The van der Waals surface area contributed by atoms with E-state index in [-0.39, 0.29) is 24.0 Å². The Labute approximate surface area is 160 Å². The quantitative estimate of drug-likeness (QED) is 0.387. The number of primary amides is 1. The maximum absolute atomic E-state index is 13.0. The number of benzene rings is 1. The number of imide groups is 1. The van der Waals surface area contributed by atoms with Crippen molar-refractivity contribution in [3.05, 3.63) is 53.5 Å². The number of carbonyl (C=O) groups is 3. The van der Waals surface area contributed by atoms with Crippen molar-refractivity contribution in [3.63, 3.8) is 0 Å². The summed E-state index contributed by atoms with van der Waals surface area (Å²) in [7, 11) is 0. The number of fused-ring (bicyclic) bond motifs is 1. The van der Waals surface area contributed by atoms with Gasteiger partial charge in [-0.15, -0.1) is 0 Å². The zero-order valence-corrected chi connectivity index (χ0v) is 15.2. The lowest BCUT2D eigenvalue weighted by Gasteiger charge is -2.25. The predicted octanol–water partition coefficient (Wildman–Crippen LogP) is 0.823. The molecule has 3 amide bonds. The topological polar surface area (TPSA) is 146 Å². The highest BCUT2D eigenvalue weighted by atomic mass is 16.5. The molecule has 0 fully saturated rings. The Hall–Kier alpha value is -3.17. The lowest BCUT2D eigenvalue weighted by molar-refractivity contribution is -0.152. The smallest absolute Gasteiger partial charge is 0.264 e. The first-order valence-corrected chi connectivity index (χ1v) is 8.70. The van der Waals surface area contributed by atoms with Crippen LogP contribution in [-0.2, 0) is 11.3 Å². The van der Waals surface area contributed by atoms with E-state index in [1.165, 1.54) is 12.3 Å². The molecule has 28 heavy (non-hydrogen) atoms. The summed E-state index contributed by atoms with van der Waals surface area (Å²) < 4.78 is 5.24. The maximum Gasteiger partial charge on any atom is 0.264 e. The van der Waals surface area contributed by atoms with E-state index in [0.29, 0.717) is 18.0 Å². The number of nitrogens with two attached hydrogens (primary N) is 1. The summed E-state index contributed by atoms with van der Waals surface area (Å²) in [6.07, 6.45) is 1.12.